The number of carbonyl (C=O) groups is 1. The highest BCUT2D eigenvalue weighted by Gasteiger charge is 2.47. The highest BCUT2D eigenvalue weighted by molar-refractivity contribution is 7.89. The summed E-state index contributed by atoms with van der Waals surface area (Å²) >= 11 is 0.637. The van der Waals surface area contributed by atoms with E-state index in [1.807, 2.05) is 24.8 Å². The number of piperazine rings is 1. The lowest BCUT2D eigenvalue weighted by molar-refractivity contribution is -0.134. The first-order valence-corrected chi connectivity index (χ1v) is 13.8. The topological polar surface area (TPSA) is 149 Å². The molecule has 2 aliphatic rings. The fourth-order valence-corrected chi connectivity index (χ4v) is 6.18. The molecule has 0 atom stereocenters. The number of nitrogens with one attached hydrogen (secondary N) is 1. The molecule has 0 spiro atoms. The van der Waals surface area contributed by atoms with Crippen LogP contribution in [0.15, 0.2) is 17.2 Å². The lowest BCUT2D eigenvalue weighted by Crippen LogP contribution is -2.50. The molecule has 5 rings (SSSR count). The standard InChI is InChI=1S/C21H23F2N9O3S2/c1-12(2)20(33)31-7-5-30(6-8-31)14-9-13(37(34,35)29-21(11-24)3-4-21)10-32-16(14)25-26-17(32)19-28-27-18(36-19)15(22)23/h9-10,12,15,29H,3-8H2,1-2H3. The summed E-state index contributed by atoms with van der Waals surface area (Å²) in [5.74, 6) is -0.0445. The molecule has 16 heteroatoms. The van der Waals surface area contributed by atoms with Crippen molar-refractivity contribution in [2.24, 2.45) is 5.92 Å². The molecule has 1 aliphatic heterocycles. The fourth-order valence-electron chi connectivity index (χ4n) is 4.10. The summed E-state index contributed by atoms with van der Waals surface area (Å²) in [5, 5.41) is 24.6. The van der Waals surface area contributed by atoms with E-state index in [1.165, 1.54) is 16.7 Å². The van der Waals surface area contributed by atoms with Gasteiger partial charge in [-0.05, 0) is 18.9 Å². The number of sulfonamides is 1. The average Bonchev–Trinajstić information content (AvgIpc) is 3.26. The van der Waals surface area contributed by atoms with Crippen LogP contribution in [0.3, 0.4) is 0 Å². The Bertz CT molecular complexity index is 1500. The normalized spacial score (nSPS) is 17.5. The Hall–Kier alpha value is -3.29. The number of nitrogens with zero attached hydrogens (tertiary/aromatic N) is 8. The first kappa shape index (κ1) is 25.4. The predicted octanol–water partition coefficient (Wildman–Crippen LogP) is 1.82. The number of amides is 1. The molecule has 37 heavy (non-hydrogen) atoms. The van der Waals surface area contributed by atoms with E-state index in [-0.39, 0.29) is 27.6 Å². The molecule has 3 aromatic heterocycles. The molecular formula is C21H23F2N9O3S2. The molecule has 1 aliphatic carbocycles. The molecule has 0 radical (unpaired) electrons. The number of nitriles is 1. The van der Waals surface area contributed by atoms with Crippen LogP contribution in [0.4, 0.5) is 14.5 Å². The van der Waals surface area contributed by atoms with Crippen LogP contribution in [0, 0.1) is 17.2 Å². The number of fused-ring (bicyclic) bond motifs is 1. The minimum atomic E-state index is -4.13. The van der Waals surface area contributed by atoms with Gasteiger partial charge in [0.15, 0.2) is 21.5 Å². The maximum absolute atomic E-state index is 13.3. The minimum absolute atomic E-state index is 0.0347. The molecule has 0 aromatic carbocycles. The van der Waals surface area contributed by atoms with Crippen LogP contribution in [0.5, 0.6) is 0 Å². The first-order valence-electron chi connectivity index (χ1n) is 11.5. The summed E-state index contributed by atoms with van der Waals surface area (Å²) in [4.78, 5) is 15.9. The number of hydrogen-bond acceptors (Lipinski definition) is 10. The molecule has 0 unspecified atom stereocenters. The molecule has 1 amide bonds. The van der Waals surface area contributed by atoms with Crippen molar-refractivity contribution in [3.8, 4) is 16.9 Å². The summed E-state index contributed by atoms with van der Waals surface area (Å²) in [5.41, 5.74) is -0.399. The fraction of sp³-hybridized carbons (Fsp3) is 0.524. The van der Waals surface area contributed by atoms with Crippen LogP contribution in [0.2, 0.25) is 0 Å². The molecule has 1 N–H and O–H groups in total. The molecule has 196 valence electrons. The Morgan fingerprint density at radius 3 is 2.43 bits per heavy atom. The Morgan fingerprint density at radius 2 is 1.86 bits per heavy atom. The zero-order valence-electron chi connectivity index (χ0n) is 19.9. The van der Waals surface area contributed by atoms with Crippen molar-refractivity contribution in [2.45, 2.75) is 43.5 Å². The van der Waals surface area contributed by atoms with Gasteiger partial charge in [-0.1, -0.05) is 25.2 Å². The number of aromatic nitrogens is 5. The van der Waals surface area contributed by atoms with Gasteiger partial charge in [-0.3, -0.25) is 9.20 Å². The van der Waals surface area contributed by atoms with E-state index in [9.17, 15) is 27.3 Å². The Morgan fingerprint density at radius 1 is 1.16 bits per heavy atom. The summed E-state index contributed by atoms with van der Waals surface area (Å²) in [6.45, 7) is 5.37. The lowest BCUT2D eigenvalue weighted by atomic mass is 10.1. The third-order valence-electron chi connectivity index (χ3n) is 6.31. The van der Waals surface area contributed by atoms with Crippen molar-refractivity contribution in [3.63, 3.8) is 0 Å². The number of anilines is 1. The summed E-state index contributed by atoms with van der Waals surface area (Å²) in [6.07, 6.45) is -0.719. The van der Waals surface area contributed by atoms with E-state index in [0.29, 0.717) is 61.7 Å². The van der Waals surface area contributed by atoms with Gasteiger partial charge in [0, 0.05) is 38.3 Å². The van der Waals surface area contributed by atoms with Crippen molar-refractivity contribution >= 4 is 38.6 Å². The Kier molecular flexibility index (Phi) is 6.32. The van der Waals surface area contributed by atoms with Crippen molar-refractivity contribution < 1.29 is 22.0 Å². The van der Waals surface area contributed by atoms with Crippen molar-refractivity contribution in [1.29, 1.82) is 5.26 Å². The molecule has 1 saturated heterocycles. The van der Waals surface area contributed by atoms with Crippen molar-refractivity contribution in [2.75, 3.05) is 31.1 Å². The van der Waals surface area contributed by atoms with Gasteiger partial charge in [0.05, 0.1) is 11.8 Å². The average molecular weight is 552 g/mol. The minimum Gasteiger partial charge on any atom is -0.365 e. The SMILES string of the molecule is CC(C)C(=O)N1CCN(c2cc(S(=O)(=O)NC3(C#N)CC3)cn3c(-c4nnc(C(F)F)s4)nnc23)CC1. The van der Waals surface area contributed by atoms with Gasteiger partial charge >= 0.3 is 0 Å². The van der Waals surface area contributed by atoms with E-state index in [1.54, 1.807) is 4.90 Å². The lowest BCUT2D eigenvalue weighted by Gasteiger charge is -2.37. The number of carbonyl (C=O) groups excluding carboxylic acids is 1. The van der Waals surface area contributed by atoms with Gasteiger partial charge in [0.2, 0.25) is 15.9 Å². The second-order valence-electron chi connectivity index (χ2n) is 9.29. The van der Waals surface area contributed by atoms with E-state index in [2.05, 4.69) is 25.1 Å². The van der Waals surface area contributed by atoms with E-state index < -0.39 is 27.0 Å². The van der Waals surface area contributed by atoms with Crippen molar-refractivity contribution in [1.82, 2.24) is 34.4 Å². The Labute approximate surface area is 215 Å². The number of alkyl halides is 2. The van der Waals surface area contributed by atoms with Gasteiger partial charge < -0.3 is 9.80 Å². The van der Waals surface area contributed by atoms with E-state index in [4.69, 9.17) is 0 Å². The Balaban J connectivity index is 1.57. The maximum Gasteiger partial charge on any atom is 0.291 e. The first-order chi connectivity index (χ1) is 17.5. The third-order valence-corrected chi connectivity index (χ3v) is 8.74. The molecular weight excluding hydrogens is 528 g/mol. The van der Waals surface area contributed by atoms with Crippen LogP contribution >= 0.6 is 11.3 Å². The third kappa shape index (κ3) is 4.74. The second kappa shape index (κ2) is 9.23. The molecule has 2 fully saturated rings. The van der Waals surface area contributed by atoms with Gasteiger partial charge in [-0.2, -0.15) is 9.98 Å². The monoisotopic (exact) mass is 551 g/mol. The molecule has 4 heterocycles. The maximum atomic E-state index is 13.3. The largest absolute Gasteiger partial charge is 0.365 e. The number of hydrogen-bond donors (Lipinski definition) is 1. The number of pyridine rings is 1. The second-order valence-corrected chi connectivity index (χ2v) is 12.0. The zero-order valence-corrected chi connectivity index (χ0v) is 21.6. The van der Waals surface area contributed by atoms with Gasteiger partial charge in [-0.25, -0.2) is 17.2 Å². The smallest absolute Gasteiger partial charge is 0.291 e. The molecule has 0 bridgehead atoms. The quantitative estimate of drug-likeness (QED) is 0.464. The summed E-state index contributed by atoms with van der Waals surface area (Å²) < 4.78 is 56.7. The van der Waals surface area contributed by atoms with Crippen LogP contribution in [0.25, 0.3) is 16.5 Å². The van der Waals surface area contributed by atoms with E-state index in [0.717, 1.165) is 0 Å². The van der Waals surface area contributed by atoms with Crippen LogP contribution in [-0.4, -0.2) is 75.7 Å². The van der Waals surface area contributed by atoms with Crippen LogP contribution < -0.4 is 9.62 Å². The van der Waals surface area contributed by atoms with Crippen molar-refractivity contribution in [3.05, 3.63) is 17.3 Å². The molecule has 3 aromatic rings. The number of rotatable bonds is 7. The predicted molar refractivity (Wildman–Crippen MR) is 128 cm³/mol. The van der Waals surface area contributed by atoms with Crippen LogP contribution in [-0.2, 0) is 14.8 Å². The highest BCUT2D eigenvalue weighted by atomic mass is 32.2. The summed E-state index contributed by atoms with van der Waals surface area (Å²) in [7, 11) is -4.13. The van der Waals surface area contributed by atoms with Gasteiger partial charge in [0.1, 0.15) is 10.4 Å². The molecule has 12 nitrogen and oxygen atoms in total. The van der Waals surface area contributed by atoms with Gasteiger partial charge in [-0.15, -0.1) is 20.4 Å². The summed E-state index contributed by atoms with van der Waals surface area (Å²) in [6, 6.07) is 3.46. The van der Waals surface area contributed by atoms with Gasteiger partial charge in [0.25, 0.3) is 6.43 Å². The number of halogens is 2. The zero-order chi connectivity index (χ0) is 26.5. The van der Waals surface area contributed by atoms with E-state index >= 15 is 0 Å². The van der Waals surface area contributed by atoms with Crippen LogP contribution in [0.1, 0.15) is 38.1 Å². The highest BCUT2D eigenvalue weighted by Crippen LogP contribution is 2.37. The molecule has 1 saturated carbocycles.